The number of hydrogen-bond acceptors (Lipinski definition) is 6. The van der Waals surface area contributed by atoms with E-state index in [1.165, 1.54) is 0 Å². The van der Waals surface area contributed by atoms with E-state index in [9.17, 15) is 4.79 Å². The van der Waals surface area contributed by atoms with Crippen LogP contribution in [0.2, 0.25) is 0 Å². The van der Waals surface area contributed by atoms with Gasteiger partial charge < -0.3 is 19.1 Å². The van der Waals surface area contributed by atoms with Crippen LogP contribution in [0.1, 0.15) is 16.8 Å². The smallest absolute Gasteiger partial charge is 0.297 e. The highest BCUT2D eigenvalue weighted by molar-refractivity contribution is 6.04. The fourth-order valence-corrected chi connectivity index (χ4v) is 3.40. The van der Waals surface area contributed by atoms with Crippen molar-refractivity contribution in [2.24, 2.45) is 0 Å². The lowest BCUT2D eigenvalue weighted by atomic mass is 10.1. The first-order valence-corrected chi connectivity index (χ1v) is 9.14. The van der Waals surface area contributed by atoms with E-state index in [0.29, 0.717) is 29.2 Å². The molecule has 1 fully saturated rings. The predicted octanol–water partition coefficient (Wildman–Crippen LogP) is 2.64. The van der Waals surface area contributed by atoms with Crippen molar-refractivity contribution in [3.8, 4) is 0 Å². The van der Waals surface area contributed by atoms with Crippen molar-refractivity contribution < 1.29 is 9.21 Å². The number of benzene rings is 1. The van der Waals surface area contributed by atoms with Crippen LogP contribution in [0.5, 0.6) is 0 Å². The molecule has 27 heavy (non-hydrogen) atoms. The maximum atomic E-state index is 13.2. The van der Waals surface area contributed by atoms with E-state index in [4.69, 9.17) is 4.42 Å². The van der Waals surface area contributed by atoms with E-state index in [1.54, 1.807) is 17.3 Å². The molecule has 4 rings (SSSR count). The molecule has 7 heteroatoms. The zero-order chi connectivity index (χ0) is 18.8. The lowest BCUT2D eigenvalue weighted by molar-refractivity contribution is 0.0768. The van der Waals surface area contributed by atoms with Crippen LogP contribution in [-0.2, 0) is 0 Å². The summed E-state index contributed by atoms with van der Waals surface area (Å²) in [5.41, 5.74) is 2.98. The summed E-state index contributed by atoms with van der Waals surface area (Å²) in [6.45, 7) is 3.12. The number of carbonyl (C=O) groups excluding carboxylic acids is 1. The second-order valence-corrected chi connectivity index (χ2v) is 6.88. The summed E-state index contributed by atoms with van der Waals surface area (Å²) in [6.07, 6.45) is 4.52. The number of oxazole rings is 1. The lowest BCUT2D eigenvalue weighted by Gasteiger charge is -2.23. The number of hydrogen-bond donors (Lipinski definition) is 0. The Kier molecular flexibility index (Phi) is 4.66. The molecule has 1 amide bonds. The van der Waals surface area contributed by atoms with Crippen LogP contribution in [0.3, 0.4) is 0 Å². The Morgan fingerprint density at radius 3 is 2.67 bits per heavy atom. The van der Waals surface area contributed by atoms with Gasteiger partial charge in [0.15, 0.2) is 5.58 Å². The highest BCUT2D eigenvalue weighted by atomic mass is 16.4. The molecule has 1 aliphatic heterocycles. The molecule has 0 radical (unpaired) electrons. The SMILES string of the molecule is CN(C)c1nc2cccc(C(=O)N3CCCN(c4ccncc4)CC3)c2o1. The predicted molar refractivity (Wildman–Crippen MR) is 105 cm³/mol. The molecule has 0 N–H and O–H groups in total. The number of aromatic nitrogens is 2. The molecular weight excluding hydrogens is 342 g/mol. The quantitative estimate of drug-likeness (QED) is 0.711. The number of carbonyl (C=O) groups is 1. The van der Waals surface area contributed by atoms with Gasteiger partial charge in [-0.2, -0.15) is 4.98 Å². The van der Waals surface area contributed by atoms with E-state index in [-0.39, 0.29) is 5.91 Å². The number of fused-ring (bicyclic) bond motifs is 1. The van der Waals surface area contributed by atoms with Crippen LogP contribution in [0.25, 0.3) is 11.1 Å². The number of pyridine rings is 1. The van der Waals surface area contributed by atoms with E-state index >= 15 is 0 Å². The summed E-state index contributed by atoms with van der Waals surface area (Å²) in [5.74, 6) is -0.00126. The van der Waals surface area contributed by atoms with Crippen LogP contribution < -0.4 is 9.80 Å². The molecule has 3 aromatic rings. The van der Waals surface area contributed by atoms with Crippen LogP contribution >= 0.6 is 0 Å². The van der Waals surface area contributed by atoms with Gasteiger partial charge in [0.25, 0.3) is 11.9 Å². The number of anilines is 2. The zero-order valence-electron chi connectivity index (χ0n) is 15.6. The molecule has 0 unspecified atom stereocenters. The van der Waals surface area contributed by atoms with Crippen LogP contribution in [-0.4, -0.2) is 61.0 Å². The van der Waals surface area contributed by atoms with Crippen molar-refractivity contribution in [1.29, 1.82) is 0 Å². The Hall–Kier alpha value is -3.09. The Morgan fingerprint density at radius 2 is 1.89 bits per heavy atom. The summed E-state index contributed by atoms with van der Waals surface area (Å²) in [5, 5.41) is 0. The molecule has 2 aromatic heterocycles. The molecule has 0 saturated carbocycles. The standard InChI is InChI=1S/C20H23N5O2/c1-23(2)20-22-17-6-3-5-16(18(17)27-20)19(26)25-12-4-11-24(13-14-25)15-7-9-21-10-8-15/h3,5-10H,4,11-14H2,1-2H3. The van der Waals surface area contributed by atoms with Crippen molar-refractivity contribution in [2.75, 3.05) is 50.1 Å². The average molecular weight is 365 g/mol. The maximum absolute atomic E-state index is 13.2. The van der Waals surface area contributed by atoms with E-state index < -0.39 is 0 Å². The van der Waals surface area contributed by atoms with Gasteiger partial charge in [-0.15, -0.1) is 0 Å². The van der Waals surface area contributed by atoms with Gasteiger partial charge in [-0.05, 0) is 30.7 Å². The monoisotopic (exact) mass is 365 g/mol. The second-order valence-electron chi connectivity index (χ2n) is 6.88. The van der Waals surface area contributed by atoms with Gasteiger partial charge in [0.2, 0.25) is 0 Å². The molecule has 1 saturated heterocycles. The summed E-state index contributed by atoms with van der Waals surface area (Å²) in [6, 6.07) is 10.1. The van der Waals surface area contributed by atoms with Gasteiger partial charge in [0.1, 0.15) is 5.52 Å². The van der Waals surface area contributed by atoms with Crippen molar-refractivity contribution in [2.45, 2.75) is 6.42 Å². The minimum atomic E-state index is -0.00126. The molecule has 1 aromatic carbocycles. The van der Waals surface area contributed by atoms with Gasteiger partial charge in [0, 0.05) is 58.4 Å². The third kappa shape index (κ3) is 3.45. The minimum Gasteiger partial charge on any atom is -0.423 e. The van der Waals surface area contributed by atoms with Crippen molar-refractivity contribution in [3.05, 3.63) is 48.3 Å². The Balaban J connectivity index is 1.55. The van der Waals surface area contributed by atoms with Gasteiger partial charge in [-0.3, -0.25) is 9.78 Å². The van der Waals surface area contributed by atoms with Crippen LogP contribution in [0.4, 0.5) is 11.7 Å². The molecular formula is C20H23N5O2. The van der Waals surface area contributed by atoms with Crippen LogP contribution in [0, 0.1) is 0 Å². The van der Waals surface area contributed by atoms with Crippen molar-refractivity contribution >= 4 is 28.7 Å². The normalized spacial score (nSPS) is 15.0. The van der Waals surface area contributed by atoms with E-state index in [1.807, 2.05) is 49.3 Å². The summed E-state index contributed by atoms with van der Waals surface area (Å²) in [7, 11) is 3.74. The third-order valence-corrected chi connectivity index (χ3v) is 4.83. The molecule has 3 heterocycles. The van der Waals surface area contributed by atoms with Crippen molar-refractivity contribution in [1.82, 2.24) is 14.9 Å². The molecule has 0 aliphatic carbocycles. The number of amides is 1. The first-order valence-electron chi connectivity index (χ1n) is 9.14. The fraction of sp³-hybridized carbons (Fsp3) is 0.350. The average Bonchev–Trinajstić information content (AvgIpc) is 2.99. The Bertz CT molecular complexity index is 938. The van der Waals surface area contributed by atoms with Gasteiger partial charge in [0.05, 0.1) is 5.56 Å². The third-order valence-electron chi connectivity index (χ3n) is 4.83. The molecule has 0 bridgehead atoms. The van der Waals surface area contributed by atoms with Gasteiger partial charge >= 0.3 is 0 Å². The topological polar surface area (TPSA) is 65.7 Å². The first kappa shape index (κ1) is 17.3. The number of rotatable bonds is 3. The second kappa shape index (κ2) is 7.26. The van der Waals surface area contributed by atoms with Crippen molar-refractivity contribution in [3.63, 3.8) is 0 Å². The van der Waals surface area contributed by atoms with Gasteiger partial charge in [-0.1, -0.05) is 6.07 Å². The molecule has 1 aliphatic rings. The Morgan fingerprint density at radius 1 is 1.07 bits per heavy atom. The molecule has 7 nitrogen and oxygen atoms in total. The molecule has 140 valence electrons. The molecule has 0 atom stereocenters. The Labute approximate surface area is 158 Å². The maximum Gasteiger partial charge on any atom is 0.297 e. The highest BCUT2D eigenvalue weighted by Gasteiger charge is 2.24. The fourth-order valence-electron chi connectivity index (χ4n) is 3.40. The highest BCUT2D eigenvalue weighted by Crippen LogP contribution is 2.25. The van der Waals surface area contributed by atoms with E-state index in [0.717, 1.165) is 31.7 Å². The van der Waals surface area contributed by atoms with Crippen LogP contribution in [0.15, 0.2) is 47.1 Å². The summed E-state index contributed by atoms with van der Waals surface area (Å²) >= 11 is 0. The molecule has 0 spiro atoms. The minimum absolute atomic E-state index is 0.00126. The largest absolute Gasteiger partial charge is 0.423 e. The summed E-state index contributed by atoms with van der Waals surface area (Å²) < 4.78 is 5.84. The lowest BCUT2D eigenvalue weighted by Crippen LogP contribution is -2.35. The first-order chi connectivity index (χ1) is 13.1. The zero-order valence-corrected chi connectivity index (χ0v) is 15.6. The van der Waals surface area contributed by atoms with Gasteiger partial charge in [-0.25, -0.2) is 0 Å². The van der Waals surface area contributed by atoms with E-state index in [2.05, 4.69) is 14.9 Å². The number of para-hydroxylation sites is 1. The summed E-state index contributed by atoms with van der Waals surface area (Å²) in [4.78, 5) is 27.7. The number of nitrogens with zero attached hydrogens (tertiary/aromatic N) is 5.